The molecule has 0 saturated carbocycles. The molecular formula is C13H10N2OS. The van der Waals surface area contributed by atoms with Crippen molar-refractivity contribution in [3.05, 3.63) is 42.6 Å². The minimum Gasteiger partial charge on any atom is -0.496 e. The number of hydrogen-bond acceptors (Lipinski definition) is 4. The first-order valence-corrected chi connectivity index (χ1v) is 6.01. The summed E-state index contributed by atoms with van der Waals surface area (Å²) in [6.07, 6.45) is 1.77. The van der Waals surface area contributed by atoms with Crippen LogP contribution >= 0.6 is 11.5 Å². The highest BCUT2D eigenvalue weighted by Gasteiger charge is 2.12. The third kappa shape index (κ3) is 1.66. The number of ether oxygens (including phenoxy) is 1. The summed E-state index contributed by atoms with van der Waals surface area (Å²) in [5, 5.41) is 6.25. The van der Waals surface area contributed by atoms with Gasteiger partial charge in [0.05, 0.1) is 18.2 Å². The van der Waals surface area contributed by atoms with Crippen LogP contribution in [0.5, 0.6) is 5.75 Å². The highest BCUT2D eigenvalue weighted by Crippen LogP contribution is 2.37. The van der Waals surface area contributed by atoms with Crippen molar-refractivity contribution in [2.24, 2.45) is 0 Å². The van der Waals surface area contributed by atoms with Crippen LogP contribution in [0.4, 0.5) is 0 Å². The lowest BCUT2D eigenvalue weighted by molar-refractivity contribution is 0.417. The molecule has 2 aromatic carbocycles. The number of benzene rings is 2. The van der Waals surface area contributed by atoms with Gasteiger partial charge < -0.3 is 4.74 Å². The lowest BCUT2D eigenvalue weighted by Crippen LogP contribution is -1.88. The van der Waals surface area contributed by atoms with Crippen molar-refractivity contribution in [2.75, 3.05) is 7.11 Å². The Bertz CT molecular complexity index is 650. The second kappa shape index (κ2) is 4.14. The van der Waals surface area contributed by atoms with Crippen molar-refractivity contribution in [1.29, 1.82) is 0 Å². The minimum absolute atomic E-state index is 0.856. The molecule has 0 amide bonds. The van der Waals surface area contributed by atoms with E-state index in [4.69, 9.17) is 4.74 Å². The molecular weight excluding hydrogens is 232 g/mol. The molecule has 0 saturated heterocycles. The Morgan fingerprint density at radius 1 is 1.12 bits per heavy atom. The molecule has 0 spiro atoms. The van der Waals surface area contributed by atoms with Gasteiger partial charge in [-0.3, -0.25) is 0 Å². The van der Waals surface area contributed by atoms with Crippen molar-refractivity contribution in [3.63, 3.8) is 0 Å². The van der Waals surface area contributed by atoms with Gasteiger partial charge in [-0.1, -0.05) is 34.8 Å². The Balaban J connectivity index is 2.39. The van der Waals surface area contributed by atoms with Gasteiger partial charge in [0.25, 0.3) is 0 Å². The van der Waals surface area contributed by atoms with Crippen LogP contribution in [0.1, 0.15) is 0 Å². The summed E-state index contributed by atoms with van der Waals surface area (Å²) in [4.78, 5) is 1.03. The molecule has 0 radical (unpaired) electrons. The van der Waals surface area contributed by atoms with Gasteiger partial charge in [-0.2, -0.15) is 0 Å². The molecule has 0 aliphatic heterocycles. The van der Waals surface area contributed by atoms with Gasteiger partial charge in [-0.05, 0) is 28.4 Å². The molecule has 1 aromatic heterocycles. The first kappa shape index (κ1) is 10.2. The van der Waals surface area contributed by atoms with E-state index in [-0.39, 0.29) is 0 Å². The molecule has 0 fully saturated rings. The molecule has 0 bridgehead atoms. The van der Waals surface area contributed by atoms with E-state index in [0.717, 1.165) is 21.6 Å². The van der Waals surface area contributed by atoms with Crippen molar-refractivity contribution in [1.82, 2.24) is 9.59 Å². The fraction of sp³-hybridized carbons (Fsp3) is 0.0769. The van der Waals surface area contributed by atoms with Crippen LogP contribution < -0.4 is 4.74 Å². The normalized spacial score (nSPS) is 10.6. The van der Waals surface area contributed by atoms with Crippen LogP contribution in [0.15, 0.2) is 42.6 Å². The summed E-state index contributed by atoms with van der Waals surface area (Å²) in [6.45, 7) is 0. The second-order valence-corrected chi connectivity index (χ2v) is 4.43. The lowest BCUT2D eigenvalue weighted by Gasteiger charge is -2.09. The summed E-state index contributed by atoms with van der Waals surface area (Å²) in [5.41, 5.74) is 1.07. The molecule has 84 valence electrons. The average molecular weight is 242 g/mol. The third-order valence-electron chi connectivity index (χ3n) is 2.72. The fourth-order valence-electron chi connectivity index (χ4n) is 1.95. The molecule has 17 heavy (non-hydrogen) atoms. The van der Waals surface area contributed by atoms with Gasteiger partial charge in [0.2, 0.25) is 0 Å². The highest BCUT2D eigenvalue weighted by molar-refractivity contribution is 7.09. The van der Waals surface area contributed by atoms with Crippen LogP contribution in [0.25, 0.3) is 21.2 Å². The summed E-state index contributed by atoms with van der Waals surface area (Å²) in [6, 6.07) is 12.3. The summed E-state index contributed by atoms with van der Waals surface area (Å²) >= 11 is 1.38. The molecule has 0 aliphatic carbocycles. The predicted octanol–water partition coefficient (Wildman–Crippen LogP) is 3.37. The molecule has 3 nitrogen and oxygen atoms in total. The first-order valence-electron chi connectivity index (χ1n) is 5.23. The molecule has 4 heteroatoms. The van der Waals surface area contributed by atoms with E-state index in [1.54, 1.807) is 13.3 Å². The number of nitrogens with zero attached hydrogens (tertiary/aromatic N) is 2. The smallest absolute Gasteiger partial charge is 0.128 e. The maximum absolute atomic E-state index is 5.43. The fourth-order valence-corrected chi connectivity index (χ4v) is 2.53. The Labute approximate surface area is 103 Å². The second-order valence-electron chi connectivity index (χ2n) is 3.65. The lowest BCUT2D eigenvalue weighted by atomic mass is 10.0. The van der Waals surface area contributed by atoms with Crippen molar-refractivity contribution in [3.8, 4) is 16.2 Å². The molecule has 1 heterocycles. The zero-order valence-corrected chi connectivity index (χ0v) is 10.1. The highest BCUT2D eigenvalue weighted by atomic mass is 32.1. The van der Waals surface area contributed by atoms with Crippen LogP contribution in [0.3, 0.4) is 0 Å². The van der Waals surface area contributed by atoms with E-state index in [0.29, 0.717) is 0 Å². The summed E-state index contributed by atoms with van der Waals surface area (Å²) in [5.74, 6) is 0.856. The van der Waals surface area contributed by atoms with Gasteiger partial charge in [0.15, 0.2) is 0 Å². The molecule has 0 unspecified atom stereocenters. The molecule has 0 N–H and O–H groups in total. The average Bonchev–Trinajstić information content (AvgIpc) is 2.91. The standard InChI is InChI=1S/C13H10N2OS/c1-16-11-7-6-9-4-2-3-5-10(9)13(11)12-8-14-15-17-12/h2-8H,1H3. The van der Waals surface area contributed by atoms with Gasteiger partial charge >= 0.3 is 0 Å². The van der Waals surface area contributed by atoms with Crippen molar-refractivity contribution >= 4 is 22.3 Å². The van der Waals surface area contributed by atoms with E-state index < -0.39 is 0 Å². The van der Waals surface area contributed by atoms with E-state index in [1.165, 1.54) is 16.9 Å². The van der Waals surface area contributed by atoms with Crippen LogP contribution in [-0.4, -0.2) is 16.7 Å². The number of hydrogen-bond donors (Lipinski definition) is 0. The molecule has 3 rings (SSSR count). The van der Waals surface area contributed by atoms with Gasteiger partial charge in [-0.25, -0.2) is 0 Å². The quantitative estimate of drug-likeness (QED) is 0.691. The van der Waals surface area contributed by atoms with Crippen LogP contribution in [-0.2, 0) is 0 Å². The zero-order chi connectivity index (χ0) is 11.7. The van der Waals surface area contributed by atoms with Crippen molar-refractivity contribution < 1.29 is 4.74 Å². The SMILES string of the molecule is COc1ccc2ccccc2c1-c1cnns1. The Morgan fingerprint density at radius 2 is 2.00 bits per heavy atom. The molecule has 0 atom stereocenters. The molecule has 3 aromatic rings. The van der Waals surface area contributed by atoms with E-state index in [1.807, 2.05) is 18.2 Å². The third-order valence-corrected chi connectivity index (χ3v) is 3.40. The van der Waals surface area contributed by atoms with E-state index in [2.05, 4.69) is 27.8 Å². The Hall–Kier alpha value is -1.94. The molecule has 0 aliphatic rings. The van der Waals surface area contributed by atoms with E-state index in [9.17, 15) is 0 Å². The number of methoxy groups -OCH3 is 1. The van der Waals surface area contributed by atoms with Gasteiger partial charge in [-0.15, -0.1) is 5.10 Å². The summed E-state index contributed by atoms with van der Waals surface area (Å²) < 4.78 is 9.35. The maximum Gasteiger partial charge on any atom is 0.128 e. The maximum atomic E-state index is 5.43. The number of aromatic nitrogens is 2. The predicted molar refractivity (Wildman–Crippen MR) is 69.4 cm³/mol. The first-order chi connectivity index (χ1) is 8.40. The topological polar surface area (TPSA) is 35.0 Å². The number of fused-ring (bicyclic) bond motifs is 1. The zero-order valence-electron chi connectivity index (χ0n) is 9.25. The van der Waals surface area contributed by atoms with Crippen molar-refractivity contribution in [2.45, 2.75) is 0 Å². The Kier molecular flexibility index (Phi) is 2.49. The summed E-state index contributed by atoms with van der Waals surface area (Å²) in [7, 11) is 1.68. The van der Waals surface area contributed by atoms with Crippen LogP contribution in [0, 0.1) is 0 Å². The van der Waals surface area contributed by atoms with E-state index >= 15 is 0 Å². The number of rotatable bonds is 2. The Morgan fingerprint density at radius 3 is 2.76 bits per heavy atom. The van der Waals surface area contributed by atoms with Crippen LogP contribution in [0.2, 0.25) is 0 Å². The minimum atomic E-state index is 0.856. The van der Waals surface area contributed by atoms with Gasteiger partial charge in [0.1, 0.15) is 5.75 Å². The largest absolute Gasteiger partial charge is 0.496 e. The monoisotopic (exact) mass is 242 g/mol. The van der Waals surface area contributed by atoms with Gasteiger partial charge in [0, 0.05) is 5.56 Å².